The van der Waals surface area contributed by atoms with E-state index in [4.69, 9.17) is 4.74 Å². The number of carboxylic acid groups (broad SMARTS) is 1. The van der Waals surface area contributed by atoms with Crippen molar-refractivity contribution in [1.82, 2.24) is 9.97 Å². The SMILES string of the molecule is CCOc1nc2ccccc2nc1N(C(=O)[O-])c1ccccc1. The van der Waals surface area contributed by atoms with Gasteiger partial charge in [-0.15, -0.1) is 0 Å². The molecule has 0 aliphatic carbocycles. The molecule has 6 nitrogen and oxygen atoms in total. The number of aromatic nitrogens is 2. The van der Waals surface area contributed by atoms with Crippen molar-refractivity contribution in [3.63, 3.8) is 0 Å². The standard InChI is InChI=1S/C17H15N3O3/c1-2-23-16-15(18-13-10-6-7-11-14(13)19-16)20(17(21)22)12-8-4-3-5-9-12/h3-11H,2H2,1H3,(H,21,22)/p-1. The van der Waals surface area contributed by atoms with Crippen LogP contribution < -0.4 is 14.7 Å². The number of rotatable bonds is 4. The third kappa shape index (κ3) is 2.91. The average molecular weight is 308 g/mol. The number of para-hydroxylation sites is 3. The molecule has 1 amide bonds. The number of fused-ring (bicyclic) bond motifs is 1. The molecule has 0 saturated heterocycles. The number of amides is 1. The lowest BCUT2D eigenvalue weighted by Crippen LogP contribution is -2.38. The highest BCUT2D eigenvalue weighted by Gasteiger charge is 2.19. The molecule has 3 aromatic rings. The van der Waals surface area contributed by atoms with Crippen LogP contribution in [-0.2, 0) is 0 Å². The van der Waals surface area contributed by atoms with Gasteiger partial charge in [-0.1, -0.05) is 30.3 Å². The van der Waals surface area contributed by atoms with Gasteiger partial charge < -0.3 is 14.6 Å². The van der Waals surface area contributed by atoms with Crippen molar-refractivity contribution in [3.05, 3.63) is 54.6 Å². The second-order valence-electron chi connectivity index (χ2n) is 4.71. The maximum absolute atomic E-state index is 11.7. The minimum atomic E-state index is -1.40. The Labute approximate surface area is 133 Å². The summed E-state index contributed by atoms with van der Waals surface area (Å²) in [6.45, 7) is 2.14. The first-order chi connectivity index (χ1) is 11.2. The smallest absolute Gasteiger partial charge is 0.259 e. The molecule has 3 rings (SSSR count). The zero-order chi connectivity index (χ0) is 16.2. The van der Waals surface area contributed by atoms with Gasteiger partial charge in [0.05, 0.1) is 17.6 Å². The normalized spacial score (nSPS) is 10.5. The number of carbonyl (C=O) groups is 1. The van der Waals surface area contributed by atoms with Gasteiger partial charge in [0.25, 0.3) is 5.88 Å². The molecule has 116 valence electrons. The number of anilines is 2. The number of nitrogens with zero attached hydrogens (tertiary/aromatic N) is 3. The Morgan fingerprint density at radius 1 is 1.04 bits per heavy atom. The van der Waals surface area contributed by atoms with E-state index in [2.05, 4.69) is 9.97 Å². The predicted octanol–water partition coefficient (Wildman–Crippen LogP) is 2.51. The largest absolute Gasteiger partial charge is 0.529 e. The molecule has 0 N–H and O–H groups in total. The second-order valence-corrected chi connectivity index (χ2v) is 4.71. The number of hydrogen-bond acceptors (Lipinski definition) is 5. The van der Waals surface area contributed by atoms with Gasteiger partial charge in [0.1, 0.15) is 6.09 Å². The van der Waals surface area contributed by atoms with E-state index in [0.717, 1.165) is 4.90 Å². The van der Waals surface area contributed by atoms with Gasteiger partial charge in [0.2, 0.25) is 5.82 Å². The molecule has 0 aliphatic rings. The van der Waals surface area contributed by atoms with Crippen LogP contribution in [0.15, 0.2) is 54.6 Å². The minimum absolute atomic E-state index is 0.0942. The fourth-order valence-corrected chi connectivity index (χ4v) is 2.24. The fourth-order valence-electron chi connectivity index (χ4n) is 2.24. The minimum Gasteiger partial charge on any atom is -0.529 e. The van der Waals surface area contributed by atoms with Crippen LogP contribution in [0.2, 0.25) is 0 Å². The van der Waals surface area contributed by atoms with E-state index in [1.165, 1.54) is 0 Å². The molecule has 0 atom stereocenters. The molecule has 6 heteroatoms. The lowest BCUT2D eigenvalue weighted by atomic mass is 10.3. The van der Waals surface area contributed by atoms with E-state index in [1.807, 2.05) is 12.1 Å². The van der Waals surface area contributed by atoms with Crippen molar-refractivity contribution >= 4 is 28.6 Å². The Balaban J connectivity index is 2.22. The van der Waals surface area contributed by atoms with E-state index in [9.17, 15) is 9.90 Å². The summed E-state index contributed by atoms with van der Waals surface area (Å²) >= 11 is 0. The molecule has 1 heterocycles. The van der Waals surface area contributed by atoms with E-state index >= 15 is 0 Å². The summed E-state index contributed by atoms with van der Waals surface area (Å²) in [6.07, 6.45) is -1.40. The van der Waals surface area contributed by atoms with Crippen molar-refractivity contribution in [2.75, 3.05) is 11.5 Å². The molecule has 23 heavy (non-hydrogen) atoms. The summed E-state index contributed by atoms with van der Waals surface area (Å²) in [4.78, 5) is 21.4. The van der Waals surface area contributed by atoms with Crippen LogP contribution in [0.5, 0.6) is 5.88 Å². The van der Waals surface area contributed by atoms with Crippen LogP contribution in [0, 0.1) is 0 Å². The van der Waals surface area contributed by atoms with Crippen molar-refractivity contribution in [1.29, 1.82) is 0 Å². The molecule has 0 saturated carbocycles. The summed E-state index contributed by atoms with van der Waals surface area (Å²) in [5.74, 6) is 0.246. The Bertz CT molecular complexity index is 837. The van der Waals surface area contributed by atoms with E-state index in [-0.39, 0.29) is 11.7 Å². The summed E-state index contributed by atoms with van der Waals surface area (Å²) < 4.78 is 5.49. The second kappa shape index (κ2) is 6.31. The Hall–Kier alpha value is -3.15. The van der Waals surface area contributed by atoms with Crippen LogP contribution in [0.4, 0.5) is 16.3 Å². The molecule has 0 spiro atoms. The predicted molar refractivity (Wildman–Crippen MR) is 84.7 cm³/mol. The average Bonchev–Trinajstić information content (AvgIpc) is 2.56. The highest BCUT2D eigenvalue weighted by molar-refractivity contribution is 5.95. The van der Waals surface area contributed by atoms with Crippen LogP contribution in [-0.4, -0.2) is 22.7 Å². The molecule has 2 aromatic carbocycles. The van der Waals surface area contributed by atoms with Crippen LogP contribution in [0.1, 0.15) is 6.92 Å². The summed E-state index contributed by atoms with van der Waals surface area (Å²) in [5, 5.41) is 11.7. The number of ether oxygens (including phenoxy) is 1. The fraction of sp³-hybridized carbons (Fsp3) is 0.118. The monoisotopic (exact) mass is 308 g/mol. The first kappa shape index (κ1) is 14.8. The van der Waals surface area contributed by atoms with Crippen LogP contribution >= 0.6 is 0 Å². The Morgan fingerprint density at radius 2 is 1.65 bits per heavy atom. The number of hydrogen-bond donors (Lipinski definition) is 0. The van der Waals surface area contributed by atoms with E-state index < -0.39 is 6.09 Å². The van der Waals surface area contributed by atoms with Crippen molar-refractivity contribution in [2.45, 2.75) is 6.92 Å². The van der Waals surface area contributed by atoms with Crippen molar-refractivity contribution in [3.8, 4) is 5.88 Å². The molecule has 0 aliphatic heterocycles. The van der Waals surface area contributed by atoms with Gasteiger partial charge >= 0.3 is 0 Å². The van der Waals surface area contributed by atoms with Crippen molar-refractivity contribution < 1.29 is 14.6 Å². The molecule has 0 fully saturated rings. The molecular weight excluding hydrogens is 294 g/mol. The summed E-state index contributed by atoms with van der Waals surface area (Å²) in [7, 11) is 0. The highest BCUT2D eigenvalue weighted by atomic mass is 16.5. The Kier molecular flexibility index (Phi) is 4.05. The van der Waals surface area contributed by atoms with Gasteiger partial charge in [-0.3, -0.25) is 4.90 Å². The van der Waals surface area contributed by atoms with Crippen molar-refractivity contribution in [2.24, 2.45) is 0 Å². The van der Waals surface area contributed by atoms with Gasteiger partial charge in [-0.2, -0.15) is 0 Å². The lowest BCUT2D eigenvalue weighted by molar-refractivity contribution is -0.245. The number of benzene rings is 2. The maximum atomic E-state index is 11.7. The van der Waals surface area contributed by atoms with E-state index in [1.54, 1.807) is 49.4 Å². The van der Waals surface area contributed by atoms with Crippen LogP contribution in [0.25, 0.3) is 11.0 Å². The maximum Gasteiger partial charge on any atom is 0.259 e. The van der Waals surface area contributed by atoms with Gasteiger partial charge in [0.15, 0.2) is 0 Å². The highest BCUT2D eigenvalue weighted by Crippen LogP contribution is 2.32. The van der Waals surface area contributed by atoms with Gasteiger partial charge in [-0.25, -0.2) is 9.97 Å². The quantitative estimate of drug-likeness (QED) is 0.740. The number of carbonyl (C=O) groups excluding carboxylic acids is 1. The molecule has 0 bridgehead atoms. The van der Waals surface area contributed by atoms with E-state index in [0.29, 0.717) is 23.3 Å². The molecule has 1 aromatic heterocycles. The first-order valence-corrected chi connectivity index (χ1v) is 7.16. The zero-order valence-corrected chi connectivity index (χ0v) is 12.5. The molecular formula is C17H14N3O3-. The van der Waals surface area contributed by atoms with Gasteiger partial charge in [-0.05, 0) is 31.2 Å². The first-order valence-electron chi connectivity index (χ1n) is 7.16. The van der Waals surface area contributed by atoms with Gasteiger partial charge in [0, 0.05) is 5.69 Å². The van der Waals surface area contributed by atoms with Crippen LogP contribution in [0.3, 0.4) is 0 Å². The lowest BCUT2D eigenvalue weighted by Gasteiger charge is -2.25. The zero-order valence-electron chi connectivity index (χ0n) is 12.5. The summed E-state index contributed by atoms with van der Waals surface area (Å²) in [5.41, 5.74) is 1.62. The molecule has 0 unspecified atom stereocenters. The topological polar surface area (TPSA) is 78.4 Å². The molecule has 0 radical (unpaired) electrons. The third-order valence-electron chi connectivity index (χ3n) is 3.21. The summed E-state index contributed by atoms with van der Waals surface area (Å²) in [6, 6.07) is 15.8. The third-order valence-corrected chi connectivity index (χ3v) is 3.21. The Morgan fingerprint density at radius 3 is 2.26 bits per heavy atom.